The van der Waals surface area contributed by atoms with Crippen molar-refractivity contribution < 1.29 is 13.7 Å². The summed E-state index contributed by atoms with van der Waals surface area (Å²) in [4.78, 5) is 0.822. The SMILES string of the molecule is Cc1cc(C)c(S(=O)N[C@H](c2ccccc2)C2OC(C)(C)C(C)(C)O2)c(C)c1. The van der Waals surface area contributed by atoms with E-state index in [1.807, 2.05) is 71.9 Å². The molecule has 2 aromatic carbocycles. The fraction of sp³-hybridized carbons (Fsp3) is 0.478. The normalized spacial score (nSPS) is 20.8. The molecule has 0 saturated carbocycles. The first kappa shape index (κ1) is 21.2. The highest BCUT2D eigenvalue weighted by Gasteiger charge is 2.51. The molecule has 1 saturated heterocycles. The van der Waals surface area contributed by atoms with Crippen LogP contribution >= 0.6 is 0 Å². The van der Waals surface area contributed by atoms with Gasteiger partial charge in [0.15, 0.2) is 6.29 Å². The molecule has 4 nitrogen and oxygen atoms in total. The van der Waals surface area contributed by atoms with Crippen molar-refractivity contribution in [1.82, 2.24) is 4.72 Å². The largest absolute Gasteiger partial charge is 0.342 e. The van der Waals surface area contributed by atoms with Crippen molar-refractivity contribution in [3.8, 4) is 0 Å². The van der Waals surface area contributed by atoms with Gasteiger partial charge in [0.25, 0.3) is 0 Å². The lowest BCUT2D eigenvalue weighted by atomic mass is 9.90. The minimum absolute atomic E-state index is 0.358. The monoisotopic (exact) mass is 401 g/mol. The van der Waals surface area contributed by atoms with Crippen molar-refractivity contribution in [3.63, 3.8) is 0 Å². The van der Waals surface area contributed by atoms with Gasteiger partial charge in [-0.2, -0.15) is 0 Å². The maximum atomic E-state index is 13.3. The van der Waals surface area contributed by atoms with Crippen molar-refractivity contribution in [1.29, 1.82) is 0 Å². The van der Waals surface area contributed by atoms with E-state index in [9.17, 15) is 4.21 Å². The first-order valence-corrected chi connectivity index (χ1v) is 10.8. The number of ether oxygens (including phenoxy) is 2. The fourth-order valence-electron chi connectivity index (χ4n) is 3.60. The van der Waals surface area contributed by atoms with Gasteiger partial charge >= 0.3 is 0 Å². The van der Waals surface area contributed by atoms with Crippen molar-refractivity contribution in [2.75, 3.05) is 0 Å². The van der Waals surface area contributed by atoms with Crippen molar-refractivity contribution >= 4 is 11.0 Å². The van der Waals surface area contributed by atoms with E-state index < -0.39 is 28.5 Å². The molecule has 2 atom stereocenters. The molecular formula is C23H31NO3S. The number of benzene rings is 2. The van der Waals surface area contributed by atoms with Crippen LogP contribution in [0.15, 0.2) is 47.4 Å². The summed E-state index contributed by atoms with van der Waals surface area (Å²) >= 11 is 0. The van der Waals surface area contributed by atoms with Gasteiger partial charge in [0.2, 0.25) is 0 Å². The average Bonchev–Trinajstić information content (AvgIpc) is 2.80. The van der Waals surface area contributed by atoms with E-state index in [2.05, 4.69) is 23.8 Å². The fourth-order valence-corrected chi connectivity index (χ4v) is 4.90. The number of hydrogen-bond acceptors (Lipinski definition) is 3. The topological polar surface area (TPSA) is 47.6 Å². The van der Waals surface area contributed by atoms with Gasteiger partial charge in [-0.25, -0.2) is 8.93 Å². The molecule has 1 heterocycles. The minimum Gasteiger partial charge on any atom is -0.342 e. The molecule has 0 radical (unpaired) electrons. The second-order valence-electron chi connectivity index (χ2n) is 8.63. The predicted molar refractivity (Wildman–Crippen MR) is 113 cm³/mol. The molecular weight excluding hydrogens is 370 g/mol. The maximum absolute atomic E-state index is 13.3. The van der Waals surface area contributed by atoms with Gasteiger partial charge in [-0.15, -0.1) is 0 Å². The molecule has 0 bridgehead atoms. The van der Waals surface area contributed by atoms with E-state index >= 15 is 0 Å². The van der Waals surface area contributed by atoms with E-state index in [0.717, 1.165) is 21.6 Å². The molecule has 2 aromatic rings. The van der Waals surface area contributed by atoms with Gasteiger partial charge in [-0.05, 0) is 65.2 Å². The van der Waals surface area contributed by atoms with Gasteiger partial charge in [-0.1, -0.05) is 48.0 Å². The maximum Gasteiger partial charge on any atom is 0.179 e. The zero-order valence-corrected chi connectivity index (χ0v) is 18.6. The Morgan fingerprint density at radius 3 is 1.93 bits per heavy atom. The molecule has 0 aromatic heterocycles. The lowest BCUT2D eigenvalue weighted by Crippen LogP contribution is -2.41. The van der Waals surface area contributed by atoms with E-state index in [1.54, 1.807) is 0 Å². The summed E-state index contributed by atoms with van der Waals surface area (Å²) in [5.41, 5.74) is 3.28. The molecule has 0 spiro atoms. The summed E-state index contributed by atoms with van der Waals surface area (Å²) in [6.07, 6.45) is -0.539. The van der Waals surface area contributed by atoms with Crippen LogP contribution < -0.4 is 4.72 Å². The van der Waals surface area contributed by atoms with Gasteiger partial charge in [0, 0.05) is 0 Å². The molecule has 1 unspecified atom stereocenters. The molecule has 28 heavy (non-hydrogen) atoms. The number of rotatable bonds is 5. The van der Waals surface area contributed by atoms with E-state index in [1.165, 1.54) is 5.56 Å². The van der Waals surface area contributed by atoms with Gasteiger partial charge in [0.05, 0.1) is 22.1 Å². The lowest BCUT2D eigenvalue weighted by Gasteiger charge is -2.30. The van der Waals surface area contributed by atoms with Crippen LogP contribution in [0.4, 0.5) is 0 Å². The molecule has 1 aliphatic rings. The minimum atomic E-state index is -1.40. The van der Waals surface area contributed by atoms with E-state index in [4.69, 9.17) is 9.47 Å². The summed E-state index contributed by atoms with van der Waals surface area (Å²) in [6, 6.07) is 13.7. The number of hydrogen-bond donors (Lipinski definition) is 1. The third-order valence-electron chi connectivity index (χ3n) is 5.73. The Labute approximate surface area is 171 Å². The molecule has 152 valence electrons. The van der Waals surface area contributed by atoms with Crippen molar-refractivity contribution in [2.45, 2.75) is 76.9 Å². The van der Waals surface area contributed by atoms with Crippen LogP contribution in [0.25, 0.3) is 0 Å². The molecule has 0 amide bonds. The van der Waals surface area contributed by atoms with Crippen LogP contribution in [0.3, 0.4) is 0 Å². The first-order chi connectivity index (χ1) is 13.0. The Hall–Kier alpha value is -1.53. The summed E-state index contributed by atoms with van der Waals surface area (Å²) in [6.45, 7) is 14.2. The molecule has 1 fully saturated rings. The number of aryl methyl sites for hydroxylation is 3. The van der Waals surface area contributed by atoms with Crippen molar-refractivity contribution in [3.05, 3.63) is 64.7 Å². The van der Waals surface area contributed by atoms with Crippen LogP contribution in [0.1, 0.15) is 56.0 Å². The van der Waals surface area contributed by atoms with Crippen LogP contribution in [0, 0.1) is 20.8 Å². The Morgan fingerprint density at radius 1 is 0.929 bits per heavy atom. The third-order valence-corrected chi connectivity index (χ3v) is 7.21. The smallest absolute Gasteiger partial charge is 0.179 e. The summed E-state index contributed by atoms with van der Waals surface area (Å²) in [5, 5.41) is 0. The van der Waals surface area contributed by atoms with Gasteiger partial charge < -0.3 is 9.47 Å². The summed E-state index contributed by atoms with van der Waals surface area (Å²) < 4.78 is 29.2. The molecule has 0 aliphatic carbocycles. The van der Waals surface area contributed by atoms with Crippen LogP contribution in [0.2, 0.25) is 0 Å². The second kappa shape index (κ2) is 7.71. The average molecular weight is 402 g/mol. The highest BCUT2D eigenvalue weighted by Crippen LogP contribution is 2.42. The van der Waals surface area contributed by atoms with E-state index in [-0.39, 0.29) is 6.04 Å². The standard InChI is InChI=1S/C23H31NO3S/c1-15-13-16(2)20(17(3)14-15)28(25)24-19(18-11-9-8-10-12-18)21-26-22(4,5)23(6,7)27-21/h8-14,19,21,24H,1-7H3/t19-,28?/m1/s1. The third kappa shape index (κ3) is 4.08. The van der Waals surface area contributed by atoms with Gasteiger partial charge in [-0.3, -0.25) is 0 Å². The lowest BCUT2D eigenvalue weighted by molar-refractivity contribution is -0.105. The Bertz CT molecular complexity index is 838. The second-order valence-corrected chi connectivity index (χ2v) is 9.81. The molecule has 5 heteroatoms. The summed E-state index contributed by atoms with van der Waals surface area (Å²) in [7, 11) is -1.40. The molecule has 1 aliphatic heterocycles. The Morgan fingerprint density at radius 2 is 1.43 bits per heavy atom. The molecule has 3 rings (SSSR count). The van der Waals surface area contributed by atoms with Gasteiger partial charge in [0.1, 0.15) is 11.0 Å². The Kier molecular flexibility index (Phi) is 5.84. The van der Waals surface area contributed by atoms with Crippen LogP contribution in [-0.2, 0) is 20.5 Å². The predicted octanol–water partition coefficient (Wildman–Crippen LogP) is 4.90. The zero-order valence-electron chi connectivity index (χ0n) is 17.8. The van der Waals surface area contributed by atoms with Crippen LogP contribution in [0.5, 0.6) is 0 Å². The molecule has 1 N–H and O–H groups in total. The first-order valence-electron chi connectivity index (χ1n) is 9.68. The van der Waals surface area contributed by atoms with Crippen molar-refractivity contribution in [2.24, 2.45) is 0 Å². The van der Waals surface area contributed by atoms with E-state index in [0.29, 0.717) is 0 Å². The highest BCUT2D eigenvalue weighted by molar-refractivity contribution is 7.83. The quantitative estimate of drug-likeness (QED) is 0.775. The summed E-state index contributed by atoms with van der Waals surface area (Å²) in [5.74, 6) is 0. The van der Waals surface area contributed by atoms with Crippen LogP contribution in [-0.4, -0.2) is 21.7 Å². The number of nitrogens with one attached hydrogen (secondary N) is 1. The zero-order chi connectivity index (χ0) is 20.7. The Balaban J connectivity index is 1.95. The highest BCUT2D eigenvalue weighted by atomic mass is 32.2.